The molecule has 0 saturated heterocycles. The molecule has 1 aromatic heterocycles. The lowest BCUT2D eigenvalue weighted by Crippen LogP contribution is -2.52. The van der Waals surface area contributed by atoms with E-state index in [1.165, 1.54) is 6.07 Å². The number of hydrogen-bond acceptors (Lipinski definition) is 2. The molecule has 1 aromatic rings. The van der Waals surface area contributed by atoms with E-state index in [1.54, 1.807) is 17.8 Å². The Labute approximate surface area is 110 Å². The summed E-state index contributed by atoms with van der Waals surface area (Å²) in [6, 6.07) is 1.53. The number of aromatic nitrogens is 1. The smallest absolute Gasteiger partial charge is 0.329 e. The molecule has 0 unspecified atom stereocenters. The number of rotatable bonds is 3. The van der Waals surface area contributed by atoms with Crippen LogP contribution in [0.15, 0.2) is 12.3 Å². The number of carbonyl (C=O) groups is 2. The Morgan fingerprint density at radius 1 is 1.44 bits per heavy atom. The van der Waals surface area contributed by atoms with Gasteiger partial charge in [-0.25, -0.2) is 4.79 Å². The van der Waals surface area contributed by atoms with Crippen LogP contribution in [0.4, 0.5) is 0 Å². The lowest BCUT2D eigenvalue weighted by molar-refractivity contribution is -0.144. The zero-order valence-electron chi connectivity index (χ0n) is 10.1. The summed E-state index contributed by atoms with van der Waals surface area (Å²) in [6.45, 7) is 0. The molecule has 1 amide bonds. The highest BCUT2D eigenvalue weighted by Gasteiger charge is 2.43. The molecule has 0 aromatic carbocycles. The number of carboxylic acid groups (broad SMARTS) is 1. The molecule has 0 aliphatic heterocycles. The van der Waals surface area contributed by atoms with Crippen molar-refractivity contribution in [1.82, 2.24) is 9.88 Å². The van der Waals surface area contributed by atoms with Gasteiger partial charge in [0.2, 0.25) is 0 Å². The second kappa shape index (κ2) is 4.65. The molecule has 2 N–H and O–H groups in total. The quantitative estimate of drug-likeness (QED) is 0.880. The molecule has 6 heteroatoms. The van der Waals surface area contributed by atoms with Crippen LogP contribution in [0.5, 0.6) is 0 Å². The molecule has 0 radical (unpaired) electrons. The summed E-state index contributed by atoms with van der Waals surface area (Å²) in [4.78, 5) is 23.4. The summed E-state index contributed by atoms with van der Waals surface area (Å²) < 4.78 is 1.59. The number of amides is 1. The van der Waals surface area contributed by atoms with Crippen LogP contribution in [0.25, 0.3) is 0 Å². The Bertz CT molecular complexity index is 490. The fraction of sp³-hybridized carbons (Fsp3) is 0.500. The van der Waals surface area contributed by atoms with Crippen molar-refractivity contribution in [2.75, 3.05) is 0 Å². The van der Waals surface area contributed by atoms with Gasteiger partial charge in [0, 0.05) is 13.2 Å². The Morgan fingerprint density at radius 3 is 2.50 bits per heavy atom. The fourth-order valence-corrected chi connectivity index (χ4v) is 2.65. The first kappa shape index (κ1) is 13.0. The SMILES string of the molecule is Cn1cc(Cl)cc1C(=O)NC1(C(=O)O)CCCC1. The van der Waals surface area contributed by atoms with Gasteiger partial charge in [-0.15, -0.1) is 0 Å². The third kappa shape index (κ3) is 2.22. The zero-order chi connectivity index (χ0) is 13.3. The topological polar surface area (TPSA) is 71.3 Å². The number of aliphatic carboxylic acids is 1. The number of aryl methyl sites for hydroxylation is 1. The minimum atomic E-state index is -1.12. The van der Waals surface area contributed by atoms with Crippen LogP contribution in [-0.2, 0) is 11.8 Å². The Kier molecular flexibility index (Phi) is 3.34. The molecule has 0 atom stereocenters. The fourth-order valence-electron chi connectivity index (χ4n) is 2.40. The Hall–Kier alpha value is -1.49. The van der Waals surface area contributed by atoms with E-state index in [0.29, 0.717) is 23.6 Å². The minimum Gasteiger partial charge on any atom is -0.480 e. The minimum absolute atomic E-state index is 0.368. The second-order valence-corrected chi connectivity index (χ2v) is 5.14. The number of nitrogens with zero attached hydrogens (tertiary/aromatic N) is 1. The van der Waals surface area contributed by atoms with Crippen molar-refractivity contribution >= 4 is 23.5 Å². The van der Waals surface area contributed by atoms with Crippen LogP contribution < -0.4 is 5.32 Å². The predicted molar refractivity (Wildman–Crippen MR) is 66.7 cm³/mol. The first-order valence-electron chi connectivity index (χ1n) is 5.82. The maximum absolute atomic E-state index is 12.1. The number of halogens is 1. The van der Waals surface area contributed by atoms with Crippen molar-refractivity contribution in [2.45, 2.75) is 31.2 Å². The van der Waals surface area contributed by atoms with E-state index < -0.39 is 17.4 Å². The third-order valence-electron chi connectivity index (χ3n) is 3.42. The van der Waals surface area contributed by atoms with Crippen molar-refractivity contribution in [2.24, 2.45) is 7.05 Å². The first-order chi connectivity index (χ1) is 8.44. The zero-order valence-corrected chi connectivity index (χ0v) is 10.8. The van der Waals surface area contributed by atoms with Gasteiger partial charge in [0.1, 0.15) is 11.2 Å². The molecular formula is C12H15ClN2O3. The van der Waals surface area contributed by atoms with E-state index in [2.05, 4.69) is 5.32 Å². The van der Waals surface area contributed by atoms with Gasteiger partial charge in [0.25, 0.3) is 5.91 Å². The van der Waals surface area contributed by atoms with Gasteiger partial charge in [0.15, 0.2) is 0 Å². The molecule has 0 bridgehead atoms. The lowest BCUT2D eigenvalue weighted by Gasteiger charge is -2.25. The molecule has 1 aliphatic carbocycles. The van der Waals surface area contributed by atoms with Crippen molar-refractivity contribution in [3.05, 3.63) is 23.0 Å². The van der Waals surface area contributed by atoms with Crippen LogP contribution in [-0.4, -0.2) is 27.1 Å². The van der Waals surface area contributed by atoms with Crippen molar-refractivity contribution < 1.29 is 14.7 Å². The first-order valence-corrected chi connectivity index (χ1v) is 6.20. The number of carbonyl (C=O) groups excluding carboxylic acids is 1. The monoisotopic (exact) mass is 270 g/mol. The van der Waals surface area contributed by atoms with Gasteiger partial charge in [-0.2, -0.15) is 0 Å². The average molecular weight is 271 g/mol. The molecule has 1 aliphatic rings. The van der Waals surface area contributed by atoms with Crippen LogP contribution in [0.2, 0.25) is 5.02 Å². The highest BCUT2D eigenvalue weighted by atomic mass is 35.5. The summed E-state index contributed by atoms with van der Waals surface area (Å²) in [5, 5.41) is 12.4. The lowest BCUT2D eigenvalue weighted by atomic mass is 9.97. The van der Waals surface area contributed by atoms with Crippen molar-refractivity contribution in [3.8, 4) is 0 Å². The summed E-state index contributed by atoms with van der Waals surface area (Å²) in [7, 11) is 1.70. The van der Waals surface area contributed by atoms with E-state index in [-0.39, 0.29) is 0 Å². The highest BCUT2D eigenvalue weighted by molar-refractivity contribution is 6.31. The van der Waals surface area contributed by atoms with Crippen LogP contribution in [0.3, 0.4) is 0 Å². The maximum Gasteiger partial charge on any atom is 0.329 e. The largest absolute Gasteiger partial charge is 0.480 e. The van der Waals surface area contributed by atoms with Gasteiger partial charge in [-0.3, -0.25) is 4.79 Å². The van der Waals surface area contributed by atoms with Gasteiger partial charge in [0.05, 0.1) is 5.02 Å². The van der Waals surface area contributed by atoms with Gasteiger partial charge in [-0.05, 0) is 18.9 Å². The number of hydrogen-bond donors (Lipinski definition) is 2. The third-order valence-corrected chi connectivity index (χ3v) is 3.63. The van der Waals surface area contributed by atoms with Crippen LogP contribution >= 0.6 is 11.6 Å². The molecule has 5 nitrogen and oxygen atoms in total. The van der Waals surface area contributed by atoms with Crippen molar-refractivity contribution in [3.63, 3.8) is 0 Å². The molecular weight excluding hydrogens is 256 g/mol. The summed E-state index contributed by atoms with van der Waals surface area (Å²) >= 11 is 5.81. The van der Waals surface area contributed by atoms with E-state index in [0.717, 1.165) is 12.8 Å². The Morgan fingerprint density at radius 2 is 2.06 bits per heavy atom. The summed E-state index contributed by atoms with van der Waals surface area (Å²) in [6.07, 6.45) is 4.21. The second-order valence-electron chi connectivity index (χ2n) is 4.70. The summed E-state index contributed by atoms with van der Waals surface area (Å²) in [5.74, 6) is -1.36. The van der Waals surface area contributed by atoms with E-state index in [4.69, 9.17) is 11.6 Å². The van der Waals surface area contributed by atoms with Crippen LogP contribution in [0, 0.1) is 0 Å². The predicted octanol–water partition coefficient (Wildman–Crippen LogP) is 1.81. The van der Waals surface area contributed by atoms with E-state index >= 15 is 0 Å². The van der Waals surface area contributed by atoms with Gasteiger partial charge < -0.3 is 15.0 Å². The molecule has 2 rings (SSSR count). The van der Waals surface area contributed by atoms with E-state index in [9.17, 15) is 14.7 Å². The van der Waals surface area contributed by atoms with Crippen LogP contribution in [0.1, 0.15) is 36.2 Å². The molecule has 98 valence electrons. The number of carboxylic acids is 1. The van der Waals surface area contributed by atoms with Crippen molar-refractivity contribution in [1.29, 1.82) is 0 Å². The normalized spacial score (nSPS) is 17.7. The molecule has 1 heterocycles. The highest BCUT2D eigenvalue weighted by Crippen LogP contribution is 2.30. The molecule has 1 saturated carbocycles. The molecule has 1 fully saturated rings. The molecule has 18 heavy (non-hydrogen) atoms. The number of nitrogens with one attached hydrogen (secondary N) is 1. The standard InChI is InChI=1S/C12H15ClN2O3/c1-15-7-8(13)6-9(15)10(16)14-12(11(17)18)4-2-3-5-12/h6-7H,2-5H2,1H3,(H,14,16)(H,17,18). The Balaban J connectivity index is 2.20. The maximum atomic E-state index is 12.1. The average Bonchev–Trinajstić information content (AvgIpc) is 2.86. The van der Waals surface area contributed by atoms with E-state index in [1.807, 2.05) is 0 Å². The van der Waals surface area contributed by atoms with Gasteiger partial charge in [-0.1, -0.05) is 24.4 Å². The summed E-state index contributed by atoms with van der Waals surface area (Å²) in [5.41, 5.74) is -0.749. The molecule has 0 spiro atoms. The van der Waals surface area contributed by atoms with Gasteiger partial charge >= 0.3 is 5.97 Å².